The van der Waals surface area contributed by atoms with Crippen LogP contribution in [0.5, 0.6) is 0 Å². The maximum absolute atomic E-state index is 4.02. The third-order valence-corrected chi connectivity index (χ3v) is 1.41. The van der Waals surface area contributed by atoms with Gasteiger partial charge in [-0.2, -0.15) is 10.2 Å². The number of hydrogen-bond acceptors (Lipinski definition) is 2. The Balaban J connectivity index is 3.91. The van der Waals surface area contributed by atoms with Crippen LogP contribution < -0.4 is 0 Å². The Morgan fingerprint density at radius 1 is 0.900 bits per heavy atom. The van der Waals surface area contributed by atoms with E-state index in [-0.39, 0.29) is 0 Å². The van der Waals surface area contributed by atoms with Crippen molar-refractivity contribution in [1.82, 2.24) is 0 Å². The summed E-state index contributed by atoms with van der Waals surface area (Å²) in [6, 6.07) is 0. The van der Waals surface area contributed by atoms with E-state index in [0.717, 1.165) is 24.3 Å². The third kappa shape index (κ3) is 4.24. The molecule has 0 aliphatic heterocycles. The van der Waals surface area contributed by atoms with Crippen molar-refractivity contribution in [3.63, 3.8) is 0 Å². The lowest BCUT2D eigenvalue weighted by Gasteiger charge is -1.91. The third-order valence-electron chi connectivity index (χ3n) is 1.41. The predicted octanol–water partition coefficient (Wildman–Crippen LogP) is 2.64. The Hall–Kier alpha value is -0.660. The quantitative estimate of drug-likeness (QED) is 0.425. The summed E-state index contributed by atoms with van der Waals surface area (Å²) in [5, 5.41) is 8.04. The highest BCUT2D eigenvalue weighted by Gasteiger charge is 1.84. The van der Waals surface area contributed by atoms with Gasteiger partial charge in [-0.1, -0.05) is 13.8 Å². The minimum atomic E-state index is 0.987. The van der Waals surface area contributed by atoms with Crippen LogP contribution in [0.3, 0.4) is 0 Å². The first-order chi connectivity index (χ1) is 4.70. The van der Waals surface area contributed by atoms with E-state index in [0.29, 0.717) is 0 Å². The summed E-state index contributed by atoms with van der Waals surface area (Å²) in [6.45, 7) is 8.14. The van der Waals surface area contributed by atoms with Crippen molar-refractivity contribution in [2.24, 2.45) is 10.2 Å². The predicted molar refractivity (Wildman–Crippen MR) is 46.8 cm³/mol. The Bertz CT molecular complexity index is 127. The molecule has 0 atom stereocenters. The lowest BCUT2D eigenvalue weighted by molar-refractivity contribution is 1.12. The lowest BCUT2D eigenvalue weighted by Crippen LogP contribution is -1.89. The molecule has 0 bridgehead atoms. The Morgan fingerprint density at radius 3 is 1.40 bits per heavy atom. The summed E-state index contributed by atoms with van der Waals surface area (Å²) in [5.74, 6) is 0. The van der Waals surface area contributed by atoms with Gasteiger partial charge in [-0.05, 0) is 26.7 Å². The van der Waals surface area contributed by atoms with E-state index in [1.165, 1.54) is 0 Å². The molecule has 0 heterocycles. The fourth-order valence-electron chi connectivity index (χ4n) is 0.312. The topological polar surface area (TPSA) is 24.7 Å². The molecular weight excluding hydrogens is 124 g/mol. The summed E-state index contributed by atoms with van der Waals surface area (Å²) < 4.78 is 0. The van der Waals surface area contributed by atoms with Crippen molar-refractivity contribution in [3.05, 3.63) is 0 Å². The second kappa shape index (κ2) is 5.15. The molecule has 0 unspecified atom stereocenters. The second-order valence-electron chi connectivity index (χ2n) is 2.38. The summed E-state index contributed by atoms with van der Waals surface area (Å²) in [5.41, 5.74) is 2.18. The maximum atomic E-state index is 4.02. The van der Waals surface area contributed by atoms with Gasteiger partial charge < -0.3 is 0 Å². The molecule has 0 rings (SSSR count). The minimum absolute atomic E-state index is 0.987. The van der Waals surface area contributed by atoms with Gasteiger partial charge in [0.15, 0.2) is 0 Å². The zero-order valence-electron chi connectivity index (χ0n) is 7.31. The van der Waals surface area contributed by atoms with Gasteiger partial charge in [-0.15, -0.1) is 0 Å². The number of nitrogens with zero attached hydrogens (tertiary/aromatic N) is 2. The van der Waals surface area contributed by atoms with Crippen molar-refractivity contribution in [2.75, 3.05) is 0 Å². The summed E-state index contributed by atoms with van der Waals surface area (Å²) in [6.07, 6.45) is 1.97. The zero-order valence-corrected chi connectivity index (χ0v) is 7.31. The molecule has 0 aromatic heterocycles. The molecule has 0 aromatic rings. The first-order valence-corrected chi connectivity index (χ1v) is 3.77. The van der Waals surface area contributed by atoms with Crippen molar-refractivity contribution < 1.29 is 0 Å². The Labute approximate surface area is 63.1 Å². The van der Waals surface area contributed by atoms with Gasteiger partial charge in [0.1, 0.15) is 0 Å². The molecule has 10 heavy (non-hydrogen) atoms. The fraction of sp³-hybridized carbons (Fsp3) is 0.750. The lowest BCUT2D eigenvalue weighted by atomic mass is 10.3. The molecule has 2 nitrogen and oxygen atoms in total. The second-order valence-corrected chi connectivity index (χ2v) is 2.38. The molecule has 0 aliphatic rings. The van der Waals surface area contributed by atoms with E-state index in [4.69, 9.17) is 0 Å². The minimum Gasteiger partial charge on any atom is -0.161 e. The van der Waals surface area contributed by atoms with Crippen molar-refractivity contribution in [1.29, 1.82) is 0 Å². The van der Waals surface area contributed by atoms with Crippen LogP contribution in [0, 0.1) is 0 Å². The van der Waals surface area contributed by atoms with Crippen LogP contribution in [0.1, 0.15) is 40.5 Å². The van der Waals surface area contributed by atoms with E-state index in [1.54, 1.807) is 0 Å². The van der Waals surface area contributed by atoms with Crippen LogP contribution in [0.25, 0.3) is 0 Å². The Kier molecular flexibility index (Phi) is 4.81. The van der Waals surface area contributed by atoms with E-state index in [9.17, 15) is 0 Å². The molecule has 0 saturated heterocycles. The number of rotatable bonds is 3. The van der Waals surface area contributed by atoms with Crippen LogP contribution in [0.4, 0.5) is 0 Å². The van der Waals surface area contributed by atoms with Crippen LogP contribution in [0.2, 0.25) is 0 Å². The van der Waals surface area contributed by atoms with Crippen molar-refractivity contribution >= 4 is 11.4 Å². The molecule has 58 valence electrons. The SMILES string of the molecule is CC/C(C)=N/N=C(\C)CC. The first-order valence-electron chi connectivity index (χ1n) is 3.77. The molecule has 0 aliphatic carbocycles. The molecule has 0 fully saturated rings. The summed E-state index contributed by atoms with van der Waals surface area (Å²) >= 11 is 0. The van der Waals surface area contributed by atoms with Crippen LogP contribution >= 0.6 is 0 Å². The smallest absolute Gasteiger partial charge is 0.0372 e. The van der Waals surface area contributed by atoms with Gasteiger partial charge in [0, 0.05) is 11.4 Å². The molecule has 0 N–H and O–H groups in total. The molecule has 0 spiro atoms. The standard InChI is InChI=1S/C8H16N2/c1-5-7(3)9-10-8(4)6-2/h5-6H2,1-4H3/b9-7+,10-8+. The summed E-state index contributed by atoms with van der Waals surface area (Å²) in [7, 11) is 0. The van der Waals surface area contributed by atoms with Crippen molar-refractivity contribution in [2.45, 2.75) is 40.5 Å². The molecule has 0 aromatic carbocycles. The Morgan fingerprint density at radius 2 is 1.20 bits per heavy atom. The van der Waals surface area contributed by atoms with Gasteiger partial charge in [0.25, 0.3) is 0 Å². The van der Waals surface area contributed by atoms with Crippen LogP contribution in [-0.4, -0.2) is 11.4 Å². The molecule has 0 radical (unpaired) electrons. The molecule has 0 saturated carbocycles. The summed E-state index contributed by atoms with van der Waals surface area (Å²) in [4.78, 5) is 0. The van der Waals surface area contributed by atoms with Gasteiger partial charge in [-0.25, -0.2) is 0 Å². The van der Waals surface area contributed by atoms with E-state index >= 15 is 0 Å². The highest BCUT2D eigenvalue weighted by molar-refractivity contribution is 5.85. The van der Waals surface area contributed by atoms with E-state index in [1.807, 2.05) is 13.8 Å². The van der Waals surface area contributed by atoms with Gasteiger partial charge >= 0.3 is 0 Å². The highest BCUT2D eigenvalue weighted by Crippen LogP contribution is 1.89. The molecule has 2 heteroatoms. The first kappa shape index (κ1) is 9.34. The molecule has 0 amide bonds. The maximum Gasteiger partial charge on any atom is 0.0372 e. The van der Waals surface area contributed by atoms with Crippen LogP contribution in [-0.2, 0) is 0 Å². The van der Waals surface area contributed by atoms with E-state index in [2.05, 4.69) is 24.1 Å². The van der Waals surface area contributed by atoms with E-state index < -0.39 is 0 Å². The monoisotopic (exact) mass is 140 g/mol. The largest absolute Gasteiger partial charge is 0.161 e. The average Bonchev–Trinajstić information content (AvgIpc) is 1.99. The van der Waals surface area contributed by atoms with Gasteiger partial charge in [-0.3, -0.25) is 0 Å². The number of hydrogen-bond donors (Lipinski definition) is 0. The average molecular weight is 140 g/mol. The highest BCUT2D eigenvalue weighted by atomic mass is 15.2. The molecular formula is C8H16N2. The fourth-order valence-corrected chi connectivity index (χ4v) is 0.312. The van der Waals surface area contributed by atoms with Crippen molar-refractivity contribution in [3.8, 4) is 0 Å². The van der Waals surface area contributed by atoms with Gasteiger partial charge in [0.2, 0.25) is 0 Å². The van der Waals surface area contributed by atoms with Crippen LogP contribution in [0.15, 0.2) is 10.2 Å². The van der Waals surface area contributed by atoms with Gasteiger partial charge in [0.05, 0.1) is 0 Å². The normalized spacial score (nSPS) is 14.0. The zero-order chi connectivity index (χ0) is 7.98.